The molecule has 20 heavy (non-hydrogen) atoms. The monoisotopic (exact) mass is 269 g/mol. The molecule has 0 radical (unpaired) electrons. The number of benzene rings is 1. The van der Waals surface area contributed by atoms with Crippen molar-refractivity contribution >= 4 is 17.5 Å². The van der Waals surface area contributed by atoms with Gasteiger partial charge in [0.25, 0.3) is 0 Å². The molecule has 3 nitrogen and oxygen atoms in total. The predicted molar refractivity (Wildman–Crippen MR) is 76.2 cm³/mol. The molecule has 1 heterocycles. The highest BCUT2D eigenvalue weighted by Crippen LogP contribution is 2.56. The third kappa shape index (κ3) is 1.41. The summed E-state index contributed by atoms with van der Waals surface area (Å²) in [7, 11) is 0. The van der Waals surface area contributed by atoms with Gasteiger partial charge in [0.1, 0.15) is 0 Å². The number of hydrogen-bond acceptors (Lipinski definition) is 2. The molecule has 104 valence electrons. The van der Waals surface area contributed by atoms with Gasteiger partial charge < -0.3 is 0 Å². The molecule has 3 fully saturated rings. The van der Waals surface area contributed by atoms with Gasteiger partial charge in [0.2, 0.25) is 11.8 Å². The Morgan fingerprint density at radius 1 is 1.00 bits per heavy atom. The van der Waals surface area contributed by atoms with Crippen LogP contribution in [-0.4, -0.2) is 11.8 Å². The van der Waals surface area contributed by atoms with Crippen molar-refractivity contribution < 1.29 is 9.59 Å². The fraction of sp³-hybridized carbons (Fsp3) is 0.529. The number of carbonyl (C=O) groups is 2. The van der Waals surface area contributed by atoms with Crippen LogP contribution in [0.5, 0.6) is 0 Å². The third-order valence-corrected chi connectivity index (χ3v) is 5.53. The molecule has 0 N–H and O–H groups in total. The van der Waals surface area contributed by atoms with Crippen molar-refractivity contribution in [2.45, 2.75) is 33.1 Å². The Labute approximate surface area is 119 Å². The second-order valence-corrected chi connectivity index (χ2v) is 6.69. The predicted octanol–water partition coefficient (Wildman–Crippen LogP) is 2.84. The average Bonchev–Trinajstić information content (AvgIpc) is 3.08. The van der Waals surface area contributed by atoms with Crippen LogP contribution in [0, 0.1) is 37.5 Å². The van der Waals surface area contributed by atoms with Gasteiger partial charge in [0.15, 0.2) is 0 Å². The molecule has 2 amide bonds. The van der Waals surface area contributed by atoms with Crippen molar-refractivity contribution in [1.29, 1.82) is 0 Å². The summed E-state index contributed by atoms with van der Waals surface area (Å²) >= 11 is 0. The largest absolute Gasteiger partial charge is 0.274 e. The van der Waals surface area contributed by atoms with Crippen LogP contribution in [0.1, 0.15) is 30.4 Å². The zero-order chi connectivity index (χ0) is 14.0. The normalized spacial score (nSPS) is 35.0. The number of imide groups is 1. The number of anilines is 1. The number of carbonyl (C=O) groups excluding carboxylic acids is 2. The minimum absolute atomic E-state index is 0.0267. The SMILES string of the molecule is Cc1ccc(C)c(N2C(=O)[C@@H]3[C@@H]4CC[C@@H](C4)[C@@H]3C2=O)c1. The van der Waals surface area contributed by atoms with E-state index in [0.29, 0.717) is 11.8 Å². The molecule has 2 bridgehead atoms. The van der Waals surface area contributed by atoms with Gasteiger partial charge in [-0.3, -0.25) is 9.59 Å². The maximum atomic E-state index is 12.8. The summed E-state index contributed by atoms with van der Waals surface area (Å²) in [5.74, 6) is 0.970. The van der Waals surface area contributed by atoms with Gasteiger partial charge in [0.05, 0.1) is 17.5 Å². The van der Waals surface area contributed by atoms with Gasteiger partial charge in [-0.1, -0.05) is 12.1 Å². The lowest BCUT2D eigenvalue weighted by atomic mass is 9.81. The topological polar surface area (TPSA) is 37.4 Å². The lowest BCUT2D eigenvalue weighted by Crippen LogP contribution is -2.33. The Morgan fingerprint density at radius 3 is 2.20 bits per heavy atom. The minimum atomic E-state index is -0.0267. The fourth-order valence-corrected chi connectivity index (χ4v) is 4.61. The van der Waals surface area contributed by atoms with Crippen LogP contribution < -0.4 is 4.90 Å². The van der Waals surface area contributed by atoms with E-state index in [-0.39, 0.29) is 23.7 Å². The van der Waals surface area contributed by atoms with Crippen LogP contribution in [0.15, 0.2) is 18.2 Å². The molecule has 1 aliphatic heterocycles. The van der Waals surface area contributed by atoms with Crippen LogP contribution in [0.3, 0.4) is 0 Å². The van der Waals surface area contributed by atoms with E-state index in [4.69, 9.17) is 0 Å². The molecule has 2 aliphatic carbocycles. The first kappa shape index (κ1) is 12.1. The molecule has 4 rings (SSSR count). The molecule has 3 heteroatoms. The lowest BCUT2D eigenvalue weighted by Gasteiger charge is -2.19. The summed E-state index contributed by atoms with van der Waals surface area (Å²) < 4.78 is 0. The van der Waals surface area contributed by atoms with Crippen molar-refractivity contribution in [3.63, 3.8) is 0 Å². The Balaban J connectivity index is 1.79. The standard InChI is InChI=1S/C17H19NO2/c1-9-3-4-10(2)13(7-9)18-16(19)14-11-5-6-12(8-11)15(14)17(18)20/h3-4,7,11-12,14-15H,5-6,8H2,1-2H3/t11-,12+,14-,15+. The Hall–Kier alpha value is -1.64. The molecule has 1 aromatic rings. The van der Waals surface area contributed by atoms with E-state index in [1.54, 1.807) is 0 Å². The van der Waals surface area contributed by atoms with E-state index in [1.165, 1.54) is 4.90 Å². The van der Waals surface area contributed by atoms with Crippen molar-refractivity contribution in [2.75, 3.05) is 4.90 Å². The summed E-state index contributed by atoms with van der Waals surface area (Å²) in [5.41, 5.74) is 2.89. The Morgan fingerprint density at radius 2 is 1.60 bits per heavy atom. The van der Waals surface area contributed by atoms with Crippen LogP contribution in [-0.2, 0) is 9.59 Å². The van der Waals surface area contributed by atoms with E-state index < -0.39 is 0 Å². The molecule has 2 saturated carbocycles. The van der Waals surface area contributed by atoms with Gasteiger partial charge in [0, 0.05) is 0 Å². The van der Waals surface area contributed by atoms with Crippen LogP contribution >= 0.6 is 0 Å². The first-order chi connectivity index (χ1) is 9.58. The van der Waals surface area contributed by atoms with E-state index in [1.807, 2.05) is 32.0 Å². The molecular formula is C17H19NO2. The second-order valence-electron chi connectivity index (χ2n) is 6.69. The zero-order valence-corrected chi connectivity index (χ0v) is 11.9. The lowest BCUT2D eigenvalue weighted by molar-refractivity contribution is -0.123. The van der Waals surface area contributed by atoms with Crippen LogP contribution in [0.4, 0.5) is 5.69 Å². The molecule has 0 aromatic heterocycles. The summed E-state index contributed by atoms with van der Waals surface area (Å²) in [5, 5.41) is 0. The summed E-state index contributed by atoms with van der Waals surface area (Å²) in [6, 6.07) is 5.98. The van der Waals surface area contributed by atoms with Crippen LogP contribution in [0.25, 0.3) is 0 Å². The molecule has 0 spiro atoms. The second kappa shape index (κ2) is 3.94. The van der Waals surface area contributed by atoms with Gasteiger partial charge in [-0.15, -0.1) is 0 Å². The molecule has 3 aliphatic rings. The van der Waals surface area contributed by atoms with E-state index in [2.05, 4.69) is 0 Å². The maximum absolute atomic E-state index is 12.8. The first-order valence-electron chi connectivity index (χ1n) is 7.53. The zero-order valence-electron chi connectivity index (χ0n) is 11.9. The summed E-state index contributed by atoms with van der Waals surface area (Å²) in [4.78, 5) is 27.0. The van der Waals surface area contributed by atoms with E-state index >= 15 is 0 Å². The summed E-state index contributed by atoms with van der Waals surface area (Å²) in [6.07, 6.45) is 3.35. The van der Waals surface area contributed by atoms with Crippen molar-refractivity contribution in [3.05, 3.63) is 29.3 Å². The third-order valence-electron chi connectivity index (χ3n) is 5.53. The molecule has 4 atom stereocenters. The number of hydrogen-bond donors (Lipinski definition) is 0. The smallest absolute Gasteiger partial charge is 0.237 e. The summed E-state index contributed by atoms with van der Waals surface area (Å²) in [6.45, 7) is 3.97. The highest BCUT2D eigenvalue weighted by molar-refractivity contribution is 6.23. The van der Waals surface area contributed by atoms with E-state index in [9.17, 15) is 9.59 Å². The highest BCUT2D eigenvalue weighted by Gasteiger charge is 2.61. The number of amides is 2. The molecule has 0 unspecified atom stereocenters. The van der Waals surface area contributed by atoms with Crippen molar-refractivity contribution in [1.82, 2.24) is 0 Å². The maximum Gasteiger partial charge on any atom is 0.237 e. The first-order valence-corrected chi connectivity index (χ1v) is 7.53. The van der Waals surface area contributed by atoms with E-state index in [0.717, 1.165) is 36.1 Å². The Bertz CT molecular complexity index is 593. The van der Waals surface area contributed by atoms with Crippen LogP contribution in [0.2, 0.25) is 0 Å². The average molecular weight is 269 g/mol. The number of nitrogens with zero attached hydrogens (tertiary/aromatic N) is 1. The number of fused-ring (bicyclic) bond motifs is 5. The van der Waals surface area contributed by atoms with Crippen molar-refractivity contribution in [2.24, 2.45) is 23.7 Å². The molecule has 1 saturated heterocycles. The number of aryl methyl sites for hydroxylation is 2. The Kier molecular flexibility index (Phi) is 2.39. The minimum Gasteiger partial charge on any atom is -0.274 e. The fourth-order valence-electron chi connectivity index (χ4n) is 4.61. The van der Waals surface area contributed by atoms with Gasteiger partial charge in [-0.25, -0.2) is 4.90 Å². The number of rotatable bonds is 1. The van der Waals surface area contributed by atoms with Gasteiger partial charge >= 0.3 is 0 Å². The van der Waals surface area contributed by atoms with Gasteiger partial charge in [-0.05, 0) is 62.1 Å². The van der Waals surface area contributed by atoms with Gasteiger partial charge in [-0.2, -0.15) is 0 Å². The highest BCUT2D eigenvalue weighted by atomic mass is 16.2. The quantitative estimate of drug-likeness (QED) is 0.735. The molecular weight excluding hydrogens is 250 g/mol. The molecule has 1 aromatic carbocycles. The van der Waals surface area contributed by atoms with Crippen molar-refractivity contribution in [3.8, 4) is 0 Å².